The van der Waals surface area contributed by atoms with Gasteiger partial charge in [-0.2, -0.15) is 4.72 Å². The van der Waals surface area contributed by atoms with E-state index < -0.39 is 16.1 Å². The zero-order valence-electron chi connectivity index (χ0n) is 11.5. The third-order valence-electron chi connectivity index (χ3n) is 3.14. The van der Waals surface area contributed by atoms with Gasteiger partial charge in [-0.15, -0.1) is 11.3 Å². The van der Waals surface area contributed by atoms with Crippen molar-refractivity contribution in [2.45, 2.75) is 30.1 Å². The number of nitrogens with one attached hydrogen (secondary N) is 2. The first-order valence-electron chi connectivity index (χ1n) is 6.48. The number of hydrogen-bond acceptors (Lipinski definition) is 5. The molecule has 0 radical (unpaired) electrons. The second kappa shape index (κ2) is 6.21. The average Bonchev–Trinajstić information content (AvgIpc) is 2.92. The SMILES string of the molecule is CC1CN(C(=O)C(C)NS(=O)(=O)c2cccs2)CCN1. The molecule has 1 aliphatic rings. The number of thiophene rings is 1. The van der Waals surface area contributed by atoms with E-state index in [1.54, 1.807) is 23.3 Å². The van der Waals surface area contributed by atoms with Crippen LogP contribution in [0.3, 0.4) is 0 Å². The fourth-order valence-electron chi connectivity index (χ4n) is 2.16. The van der Waals surface area contributed by atoms with Gasteiger partial charge in [0.25, 0.3) is 10.0 Å². The molecule has 1 aromatic rings. The predicted molar refractivity (Wildman–Crippen MR) is 78.1 cm³/mol. The summed E-state index contributed by atoms with van der Waals surface area (Å²) >= 11 is 1.13. The van der Waals surface area contributed by atoms with E-state index in [1.165, 1.54) is 6.07 Å². The molecule has 0 saturated carbocycles. The lowest BCUT2D eigenvalue weighted by Crippen LogP contribution is -2.55. The second-order valence-corrected chi connectivity index (χ2v) is 7.80. The van der Waals surface area contributed by atoms with E-state index in [9.17, 15) is 13.2 Å². The van der Waals surface area contributed by atoms with E-state index >= 15 is 0 Å². The fraction of sp³-hybridized carbons (Fsp3) is 0.583. The highest BCUT2D eigenvalue weighted by atomic mass is 32.2. The summed E-state index contributed by atoms with van der Waals surface area (Å²) in [6, 6.07) is 2.67. The van der Waals surface area contributed by atoms with Crippen molar-refractivity contribution in [3.8, 4) is 0 Å². The second-order valence-electron chi connectivity index (χ2n) is 4.91. The maximum absolute atomic E-state index is 12.3. The van der Waals surface area contributed by atoms with Gasteiger partial charge in [0, 0.05) is 25.7 Å². The Morgan fingerprint density at radius 3 is 2.95 bits per heavy atom. The lowest BCUT2D eigenvalue weighted by atomic mass is 10.2. The molecule has 2 N–H and O–H groups in total. The van der Waals surface area contributed by atoms with Crippen LogP contribution in [0.4, 0.5) is 0 Å². The molecule has 2 rings (SSSR count). The molecular formula is C12H19N3O3S2. The number of amides is 1. The molecule has 2 atom stereocenters. The molecule has 20 heavy (non-hydrogen) atoms. The van der Waals surface area contributed by atoms with Crippen molar-refractivity contribution < 1.29 is 13.2 Å². The van der Waals surface area contributed by atoms with Crippen LogP contribution in [0, 0.1) is 0 Å². The standard InChI is InChI=1S/C12H19N3O3S2/c1-9-8-15(6-5-13-9)12(16)10(2)14-20(17,18)11-4-3-7-19-11/h3-4,7,9-10,13-14H,5-6,8H2,1-2H3. The average molecular weight is 317 g/mol. The van der Waals surface area contributed by atoms with Crippen LogP contribution in [0.1, 0.15) is 13.8 Å². The molecular weight excluding hydrogens is 298 g/mol. The van der Waals surface area contributed by atoms with Crippen LogP contribution < -0.4 is 10.0 Å². The topological polar surface area (TPSA) is 78.5 Å². The molecule has 0 aromatic carbocycles. The lowest BCUT2D eigenvalue weighted by Gasteiger charge is -2.33. The number of sulfonamides is 1. The summed E-state index contributed by atoms with van der Waals surface area (Å²) in [6.45, 7) is 5.52. The fourth-order valence-corrected chi connectivity index (χ4v) is 4.37. The Balaban J connectivity index is 2.01. The Morgan fingerprint density at radius 2 is 2.35 bits per heavy atom. The zero-order chi connectivity index (χ0) is 14.8. The van der Waals surface area contributed by atoms with Crippen LogP contribution in [-0.2, 0) is 14.8 Å². The van der Waals surface area contributed by atoms with E-state index in [1.807, 2.05) is 6.92 Å². The summed E-state index contributed by atoms with van der Waals surface area (Å²) < 4.78 is 26.8. The Bertz CT molecular complexity index is 557. The van der Waals surface area contributed by atoms with Crippen LogP contribution in [0.15, 0.2) is 21.7 Å². The molecule has 2 unspecified atom stereocenters. The highest BCUT2D eigenvalue weighted by Crippen LogP contribution is 2.16. The van der Waals surface area contributed by atoms with E-state index in [0.29, 0.717) is 13.1 Å². The minimum atomic E-state index is -3.61. The number of carbonyl (C=O) groups is 1. The lowest BCUT2D eigenvalue weighted by molar-refractivity contribution is -0.133. The van der Waals surface area contributed by atoms with Gasteiger partial charge in [-0.1, -0.05) is 6.07 Å². The predicted octanol–water partition coefficient (Wildman–Crippen LogP) is 0.235. The van der Waals surface area contributed by atoms with Crippen molar-refractivity contribution >= 4 is 27.3 Å². The smallest absolute Gasteiger partial charge is 0.250 e. The van der Waals surface area contributed by atoms with Crippen LogP contribution in [0.25, 0.3) is 0 Å². The van der Waals surface area contributed by atoms with Crippen molar-refractivity contribution in [3.05, 3.63) is 17.5 Å². The third-order valence-corrected chi connectivity index (χ3v) is 6.08. The van der Waals surface area contributed by atoms with E-state index in [2.05, 4.69) is 10.0 Å². The van der Waals surface area contributed by atoms with Crippen LogP contribution in [0.5, 0.6) is 0 Å². The number of nitrogens with zero attached hydrogens (tertiary/aromatic N) is 1. The van der Waals surface area contributed by atoms with Gasteiger partial charge in [0.05, 0.1) is 6.04 Å². The molecule has 1 amide bonds. The number of carbonyl (C=O) groups excluding carboxylic acids is 1. The molecule has 0 spiro atoms. The molecule has 2 heterocycles. The zero-order valence-corrected chi connectivity index (χ0v) is 13.1. The van der Waals surface area contributed by atoms with Gasteiger partial charge in [-0.05, 0) is 25.3 Å². The van der Waals surface area contributed by atoms with Crippen molar-refractivity contribution in [1.29, 1.82) is 0 Å². The van der Waals surface area contributed by atoms with E-state index in [-0.39, 0.29) is 16.2 Å². The normalized spacial score (nSPS) is 21.7. The first-order valence-corrected chi connectivity index (χ1v) is 8.84. The van der Waals surface area contributed by atoms with Crippen molar-refractivity contribution in [1.82, 2.24) is 14.9 Å². The monoisotopic (exact) mass is 317 g/mol. The molecule has 6 nitrogen and oxygen atoms in total. The minimum Gasteiger partial charge on any atom is -0.338 e. The Labute approximate surface area is 123 Å². The highest BCUT2D eigenvalue weighted by Gasteiger charge is 2.28. The quantitative estimate of drug-likeness (QED) is 0.833. The summed E-state index contributed by atoms with van der Waals surface area (Å²) in [7, 11) is -3.61. The van der Waals surface area contributed by atoms with Gasteiger partial charge in [0.2, 0.25) is 5.91 Å². The minimum absolute atomic E-state index is 0.182. The molecule has 8 heteroatoms. The summed E-state index contributed by atoms with van der Waals surface area (Å²) in [4.78, 5) is 14.0. The molecule has 112 valence electrons. The first-order chi connectivity index (χ1) is 9.40. The summed E-state index contributed by atoms with van der Waals surface area (Å²) in [5, 5.41) is 4.94. The van der Waals surface area contributed by atoms with Crippen molar-refractivity contribution in [2.24, 2.45) is 0 Å². The van der Waals surface area contributed by atoms with Gasteiger partial charge in [0.1, 0.15) is 4.21 Å². The van der Waals surface area contributed by atoms with Gasteiger partial charge < -0.3 is 10.2 Å². The van der Waals surface area contributed by atoms with Crippen LogP contribution >= 0.6 is 11.3 Å². The van der Waals surface area contributed by atoms with Gasteiger partial charge in [-0.3, -0.25) is 4.79 Å². The van der Waals surface area contributed by atoms with E-state index in [4.69, 9.17) is 0 Å². The Morgan fingerprint density at radius 1 is 1.60 bits per heavy atom. The largest absolute Gasteiger partial charge is 0.338 e. The first kappa shape index (κ1) is 15.4. The van der Waals surface area contributed by atoms with Gasteiger partial charge in [0.15, 0.2) is 0 Å². The maximum atomic E-state index is 12.3. The van der Waals surface area contributed by atoms with E-state index in [0.717, 1.165) is 17.9 Å². The third kappa shape index (κ3) is 3.57. The highest BCUT2D eigenvalue weighted by molar-refractivity contribution is 7.91. The number of rotatable bonds is 4. The summed E-state index contributed by atoms with van der Waals surface area (Å²) in [5.74, 6) is -0.182. The molecule has 0 bridgehead atoms. The van der Waals surface area contributed by atoms with Gasteiger partial charge in [-0.25, -0.2) is 8.42 Å². The van der Waals surface area contributed by atoms with Crippen LogP contribution in [0.2, 0.25) is 0 Å². The maximum Gasteiger partial charge on any atom is 0.250 e. The molecule has 1 aliphatic heterocycles. The molecule has 1 aromatic heterocycles. The Hall–Kier alpha value is -0.960. The van der Waals surface area contributed by atoms with Crippen LogP contribution in [-0.4, -0.2) is 50.9 Å². The molecule has 1 saturated heterocycles. The Kier molecular flexibility index (Phi) is 4.79. The molecule has 0 aliphatic carbocycles. The summed E-state index contributed by atoms with van der Waals surface area (Å²) in [6.07, 6.45) is 0. The summed E-state index contributed by atoms with van der Waals surface area (Å²) in [5.41, 5.74) is 0. The number of piperazine rings is 1. The van der Waals surface area contributed by atoms with Gasteiger partial charge >= 0.3 is 0 Å². The molecule has 1 fully saturated rings. The van der Waals surface area contributed by atoms with Crippen molar-refractivity contribution in [2.75, 3.05) is 19.6 Å². The number of hydrogen-bond donors (Lipinski definition) is 2. The van der Waals surface area contributed by atoms with Crippen molar-refractivity contribution in [3.63, 3.8) is 0 Å².